The zero-order valence-electron chi connectivity index (χ0n) is 18.8. The molecule has 1 aliphatic rings. The third-order valence-corrected chi connectivity index (χ3v) is 7.05. The molecule has 1 atom stereocenters. The number of carbonyl (C=O) groups excluding carboxylic acids is 3. The van der Waals surface area contributed by atoms with Gasteiger partial charge in [-0.25, -0.2) is 9.37 Å². The van der Waals surface area contributed by atoms with E-state index in [-0.39, 0.29) is 35.7 Å². The number of thiazole rings is 1. The number of carbonyl (C=O) groups is 3. The van der Waals surface area contributed by atoms with E-state index >= 15 is 0 Å². The summed E-state index contributed by atoms with van der Waals surface area (Å²) in [5.74, 6) is 0.0169. The second-order valence-electron chi connectivity index (χ2n) is 7.78. The molecular weight excluding hydrogens is 491 g/mol. The van der Waals surface area contributed by atoms with E-state index < -0.39 is 5.92 Å². The summed E-state index contributed by atoms with van der Waals surface area (Å²) in [5, 5.41) is 7.78. The van der Waals surface area contributed by atoms with Crippen LogP contribution in [-0.2, 0) is 20.1 Å². The van der Waals surface area contributed by atoms with E-state index in [0.29, 0.717) is 28.9 Å². The minimum absolute atomic E-state index is 0.106. The van der Waals surface area contributed by atoms with Gasteiger partial charge in [-0.05, 0) is 48.5 Å². The van der Waals surface area contributed by atoms with Crippen molar-refractivity contribution in [2.24, 2.45) is 5.92 Å². The molecule has 2 N–H and O–H groups in total. The molecular formula is C24H23FN4O4S2. The van der Waals surface area contributed by atoms with Crippen LogP contribution in [0.4, 0.5) is 20.9 Å². The van der Waals surface area contributed by atoms with Crippen LogP contribution in [0.5, 0.6) is 5.75 Å². The van der Waals surface area contributed by atoms with Crippen LogP contribution in [0.1, 0.15) is 12.1 Å². The first-order valence-electron chi connectivity index (χ1n) is 10.7. The molecule has 1 fully saturated rings. The van der Waals surface area contributed by atoms with Gasteiger partial charge in [0.15, 0.2) is 5.13 Å². The molecule has 35 heavy (non-hydrogen) atoms. The Balaban J connectivity index is 1.23. The van der Waals surface area contributed by atoms with Crippen LogP contribution in [0.3, 0.4) is 0 Å². The van der Waals surface area contributed by atoms with Crippen molar-refractivity contribution in [2.45, 2.75) is 12.2 Å². The minimum Gasteiger partial charge on any atom is -0.497 e. The molecule has 4 rings (SSSR count). The van der Waals surface area contributed by atoms with Gasteiger partial charge in [0.05, 0.1) is 24.5 Å². The van der Waals surface area contributed by atoms with Gasteiger partial charge < -0.3 is 20.3 Å². The Morgan fingerprint density at radius 3 is 2.63 bits per heavy atom. The van der Waals surface area contributed by atoms with Gasteiger partial charge in [0.25, 0.3) is 0 Å². The SMILES string of the molecule is COc1ccc(N2CC(C(=O)Nc3nc(CSCC(=O)Nc4ccc(F)cc4)cs3)CC2=O)cc1. The highest BCUT2D eigenvalue weighted by atomic mass is 32.2. The lowest BCUT2D eigenvalue weighted by atomic mass is 10.1. The van der Waals surface area contributed by atoms with Crippen LogP contribution in [0.25, 0.3) is 0 Å². The van der Waals surface area contributed by atoms with E-state index in [4.69, 9.17) is 4.74 Å². The molecule has 8 nitrogen and oxygen atoms in total. The highest BCUT2D eigenvalue weighted by molar-refractivity contribution is 7.99. The number of rotatable bonds is 9. The van der Waals surface area contributed by atoms with Gasteiger partial charge in [0.1, 0.15) is 11.6 Å². The van der Waals surface area contributed by atoms with Crippen molar-refractivity contribution in [3.8, 4) is 5.75 Å². The summed E-state index contributed by atoms with van der Waals surface area (Å²) < 4.78 is 18.1. The largest absolute Gasteiger partial charge is 0.497 e. The van der Waals surface area contributed by atoms with Crippen molar-refractivity contribution in [3.63, 3.8) is 0 Å². The third-order valence-electron chi connectivity index (χ3n) is 5.27. The lowest BCUT2D eigenvalue weighted by Crippen LogP contribution is -2.28. The zero-order chi connectivity index (χ0) is 24.8. The number of anilines is 3. The van der Waals surface area contributed by atoms with Gasteiger partial charge in [0.2, 0.25) is 17.7 Å². The van der Waals surface area contributed by atoms with Crippen LogP contribution in [-0.4, -0.2) is 42.1 Å². The van der Waals surface area contributed by atoms with Crippen molar-refractivity contribution >= 4 is 57.3 Å². The van der Waals surface area contributed by atoms with E-state index in [1.165, 1.54) is 47.4 Å². The van der Waals surface area contributed by atoms with Gasteiger partial charge in [-0.15, -0.1) is 23.1 Å². The number of halogens is 1. The predicted octanol–water partition coefficient (Wildman–Crippen LogP) is 4.15. The van der Waals surface area contributed by atoms with Crippen molar-refractivity contribution in [1.82, 2.24) is 4.98 Å². The lowest BCUT2D eigenvalue weighted by Gasteiger charge is -2.16. The molecule has 1 aromatic heterocycles. The number of hydrogen-bond acceptors (Lipinski definition) is 7. The normalized spacial score (nSPS) is 15.2. The summed E-state index contributed by atoms with van der Waals surface area (Å²) in [6, 6.07) is 12.7. The Labute approximate surface area is 209 Å². The Morgan fingerprint density at radius 2 is 1.91 bits per heavy atom. The minimum atomic E-state index is -0.471. The summed E-state index contributed by atoms with van der Waals surface area (Å²) >= 11 is 2.68. The zero-order valence-corrected chi connectivity index (χ0v) is 20.5. The fraction of sp³-hybridized carbons (Fsp3) is 0.250. The molecule has 3 aromatic rings. The molecule has 11 heteroatoms. The van der Waals surface area contributed by atoms with Crippen molar-refractivity contribution < 1.29 is 23.5 Å². The topological polar surface area (TPSA) is 101 Å². The van der Waals surface area contributed by atoms with Gasteiger partial charge in [-0.3, -0.25) is 14.4 Å². The number of ether oxygens (including phenoxy) is 1. The molecule has 2 aromatic carbocycles. The van der Waals surface area contributed by atoms with E-state index in [2.05, 4.69) is 15.6 Å². The fourth-order valence-corrected chi connectivity index (χ4v) is 5.05. The highest BCUT2D eigenvalue weighted by Gasteiger charge is 2.35. The molecule has 0 spiro atoms. The Bertz CT molecular complexity index is 1200. The second-order valence-corrected chi connectivity index (χ2v) is 9.63. The third kappa shape index (κ3) is 6.58. The molecule has 1 unspecified atom stereocenters. The number of benzene rings is 2. The first kappa shape index (κ1) is 24.7. The van der Waals surface area contributed by atoms with Crippen LogP contribution in [0.15, 0.2) is 53.9 Å². The maximum Gasteiger partial charge on any atom is 0.234 e. The van der Waals surface area contributed by atoms with Gasteiger partial charge in [-0.2, -0.15) is 0 Å². The van der Waals surface area contributed by atoms with E-state index in [0.717, 1.165) is 11.4 Å². The Kier molecular flexibility index (Phi) is 7.98. The standard InChI is InChI=1S/C24H23FN4O4S2/c1-33-20-8-6-19(7-9-20)29-11-15(10-22(29)31)23(32)28-24-27-18(13-35-24)12-34-14-21(30)26-17-4-2-16(25)3-5-17/h2-9,13,15H,10-12,14H2,1H3,(H,26,30)(H,27,28,32). The van der Waals surface area contributed by atoms with Crippen molar-refractivity contribution in [2.75, 3.05) is 34.9 Å². The molecule has 3 amide bonds. The average Bonchev–Trinajstić information content (AvgIpc) is 3.47. The number of nitrogens with one attached hydrogen (secondary N) is 2. The molecule has 0 saturated carbocycles. The van der Waals surface area contributed by atoms with Crippen molar-refractivity contribution in [1.29, 1.82) is 0 Å². The predicted molar refractivity (Wildman–Crippen MR) is 135 cm³/mol. The summed E-state index contributed by atoms with van der Waals surface area (Å²) in [7, 11) is 1.58. The maximum absolute atomic E-state index is 12.9. The summed E-state index contributed by atoms with van der Waals surface area (Å²) in [4.78, 5) is 43.2. The molecule has 182 valence electrons. The Hall–Kier alpha value is -3.44. The summed E-state index contributed by atoms with van der Waals surface area (Å²) in [6.07, 6.45) is 0.134. The van der Waals surface area contributed by atoms with Gasteiger partial charge >= 0.3 is 0 Å². The number of thioether (sulfide) groups is 1. The molecule has 1 aliphatic heterocycles. The van der Waals surface area contributed by atoms with Crippen molar-refractivity contribution in [3.05, 3.63) is 65.4 Å². The van der Waals surface area contributed by atoms with E-state index in [1.807, 2.05) is 5.38 Å². The molecule has 0 aliphatic carbocycles. The van der Waals surface area contributed by atoms with Gasteiger partial charge in [0, 0.05) is 35.5 Å². The number of methoxy groups -OCH3 is 1. The highest BCUT2D eigenvalue weighted by Crippen LogP contribution is 2.28. The number of nitrogens with zero attached hydrogens (tertiary/aromatic N) is 2. The lowest BCUT2D eigenvalue weighted by molar-refractivity contribution is -0.122. The van der Waals surface area contributed by atoms with Crippen LogP contribution >= 0.6 is 23.1 Å². The summed E-state index contributed by atoms with van der Waals surface area (Å²) in [5.41, 5.74) is 2.00. The van der Waals surface area contributed by atoms with E-state index in [9.17, 15) is 18.8 Å². The monoisotopic (exact) mass is 514 g/mol. The number of amides is 3. The first-order chi connectivity index (χ1) is 16.9. The van der Waals surface area contributed by atoms with Crippen LogP contribution in [0, 0.1) is 11.7 Å². The second kappa shape index (κ2) is 11.3. The summed E-state index contributed by atoms with van der Waals surface area (Å²) in [6.45, 7) is 0.300. The van der Waals surface area contributed by atoms with Crippen LogP contribution in [0.2, 0.25) is 0 Å². The smallest absolute Gasteiger partial charge is 0.234 e. The van der Waals surface area contributed by atoms with Gasteiger partial charge in [-0.1, -0.05) is 0 Å². The quantitative estimate of drug-likeness (QED) is 0.445. The fourth-order valence-electron chi connectivity index (χ4n) is 3.51. The molecule has 1 saturated heterocycles. The number of aromatic nitrogens is 1. The molecule has 0 bridgehead atoms. The molecule has 0 radical (unpaired) electrons. The average molecular weight is 515 g/mol. The van der Waals surface area contributed by atoms with E-state index in [1.54, 1.807) is 36.3 Å². The maximum atomic E-state index is 12.9. The number of hydrogen-bond donors (Lipinski definition) is 2. The van der Waals surface area contributed by atoms with Crippen LogP contribution < -0.4 is 20.3 Å². The Morgan fingerprint density at radius 1 is 1.17 bits per heavy atom. The molecule has 2 heterocycles. The first-order valence-corrected chi connectivity index (χ1v) is 12.8.